The van der Waals surface area contributed by atoms with Crippen molar-refractivity contribution in [3.05, 3.63) is 23.7 Å². The first-order chi connectivity index (χ1) is 7.31. The minimum atomic E-state index is 0.450. The lowest BCUT2D eigenvalue weighted by Crippen LogP contribution is -2.36. The number of hydrogen-bond donors (Lipinski definition) is 1. The first-order valence-electron chi connectivity index (χ1n) is 5.75. The zero-order chi connectivity index (χ0) is 10.3. The Morgan fingerprint density at radius 2 is 2.33 bits per heavy atom. The van der Waals surface area contributed by atoms with Crippen molar-refractivity contribution in [2.24, 2.45) is 0 Å². The van der Waals surface area contributed by atoms with E-state index in [4.69, 9.17) is 9.15 Å². The van der Waals surface area contributed by atoms with Crippen molar-refractivity contribution >= 4 is 0 Å². The van der Waals surface area contributed by atoms with Gasteiger partial charge in [0.1, 0.15) is 11.5 Å². The second kappa shape index (κ2) is 3.65. The van der Waals surface area contributed by atoms with Gasteiger partial charge in [0.25, 0.3) is 0 Å². The highest BCUT2D eigenvalue weighted by Gasteiger charge is 2.40. The lowest BCUT2D eigenvalue weighted by atomic mass is 9.95. The van der Waals surface area contributed by atoms with Crippen LogP contribution in [0.3, 0.4) is 0 Å². The molecule has 82 valence electrons. The second-order valence-corrected chi connectivity index (χ2v) is 4.61. The van der Waals surface area contributed by atoms with Gasteiger partial charge in [-0.3, -0.25) is 0 Å². The Labute approximate surface area is 89.8 Å². The monoisotopic (exact) mass is 207 g/mol. The van der Waals surface area contributed by atoms with E-state index in [0.29, 0.717) is 18.2 Å². The molecule has 2 aliphatic heterocycles. The van der Waals surface area contributed by atoms with Crippen molar-refractivity contribution in [3.63, 3.8) is 0 Å². The Bertz CT molecular complexity index is 347. The number of ether oxygens (including phenoxy) is 1. The van der Waals surface area contributed by atoms with Crippen LogP contribution in [0, 0.1) is 6.92 Å². The third-order valence-corrected chi connectivity index (χ3v) is 3.44. The SMILES string of the molecule is Cc1ccc(CNC2CC3CCC2O3)o1. The largest absolute Gasteiger partial charge is 0.465 e. The van der Waals surface area contributed by atoms with Crippen LogP contribution in [0.15, 0.2) is 16.5 Å². The van der Waals surface area contributed by atoms with Crippen molar-refractivity contribution < 1.29 is 9.15 Å². The molecule has 3 atom stereocenters. The van der Waals surface area contributed by atoms with Gasteiger partial charge < -0.3 is 14.5 Å². The van der Waals surface area contributed by atoms with Gasteiger partial charge in [-0.1, -0.05) is 0 Å². The summed E-state index contributed by atoms with van der Waals surface area (Å²) in [7, 11) is 0. The van der Waals surface area contributed by atoms with Crippen LogP contribution in [0.2, 0.25) is 0 Å². The van der Waals surface area contributed by atoms with Gasteiger partial charge in [0, 0.05) is 6.04 Å². The van der Waals surface area contributed by atoms with E-state index in [1.807, 2.05) is 19.1 Å². The van der Waals surface area contributed by atoms with E-state index in [0.717, 1.165) is 18.1 Å². The molecule has 1 aromatic rings. The number of rotatable bonds is 3. The van der Waals surface area contributed by atoms with Gasteiger partial charge in [0.15, 0.2) is 0 Å². The van der Waals surface area contributed by atoms with Gasteiger partial charge in [-0.2, -0.15) is 0 Å². The molecule has 15 heavy (non-hydrogen) atoms. The highest BCUT2D eigenvalue weighted by Crippen LogP contribution is 2.34. The van der Waals surface area contributed by atoms with E-state index in [-0.39, 0.29) is 0 Å². The van der Waals surface area contributed by atoms with Crippen LogP contribution in [-0.4, -0.2) is 18.2 Å². The molecule has 2 saturated heterocycles. The van der Waals surface area contributed by atoms with Crippen molar-refractivity contribution in [2.75, 3.05) is 0 Å². The Morgan fingerprint density at radius 3 is 2.93 bits per heavy atom. The quantitative estimate of drug-likeness (QED) is 0.823. The number of aryl methyl sites for hydroxylation is 1. The molecule has 2 bridgehead atoms. The molecule has 3 heterocycles. The van der Waals surface area contributed by atoms with Crippen LogP contribution in [0.4, 0.5) is 0 Å². The molecule has 3 nitrogen and oxygen atoms in total. The van der Waals surface area contributed by atoms with Crippen molar-refractivity contribution in [2.45, 2.75) is 51.0 Å². The molecule has 3 heteroatoms. The van der Waals surface area contributed by atoms with Gasteiger partial charge in [-0.15, -0.1) is 0 Å². The topological polar surface area (TPSA) is 34.4 Å². The first-order valence-corrected chi connectivity index (χ1v) is 5.75. The maximum absolute atomic E-state index is 5.79. The van der Waals surface area contributed by atoms with Crippen molar-refractivity contribution in [1.82, 2.24) is 5.32 Å². The summed E-state index contributed by atoms with van der Waals surface area (Å²) in [6.45, 7) is 2.80. The fourth-order valence-electron chi connectivity index (χ4n) is 2.66. The van der Waals surface area contributed by atoms with E-state index in [9.17, 15) is 0 Å². The standard InChI is InChI=1S/C12H17NO2/c1-8-2-3-10(14-8)7-13-11-6-9-4-5-12(11)15-9/h2-3,9,11-13H,4-7H2,1H3. The summed E-state index contributed by atoms with van der Waals surface area (Å²) in [6.07, 6.45) is 4.61. The summed E-state index contributed by atoms with van der Waals surface area (Å²) in [5, 5.41) is 3.52. The third kappa shape index (κ3) is 1.82. The molecule has 0 aliphatic carbocycles. The minimum absolute atomic E-state index is 0.450. The normalized spacial score (nSPS) is 33.8. The molecule has 3 unspecified atom stereocenters. The van der Waals surface area contributed by atoms with E-state index < -0.39 is 0 Å². The fourth-order valence-corrected chi connectivity index (χ4v) is 2.66. The molecule has 3 rings (SSSR count). The molecular weight excluding hydrogens is 190 g/mol. The molecule has 2 fully saturated rings. The molecule has 0 amide bonds. The van der Waals surface area contributed by atoms with Crippen LogP contribution in [0.1, 0.15) is 30.8 Å². The zero-order valence-corrected chi connectivity index (χ0v) is 9.03. The Morgan fingerprint density at radius 1 is 1.40 bits per heavy atom. The first kappa shape index (κ1) is 9.43. The van der Waals surface area contributed by atoms with E-state index in [1.54, 1.807) is 0 Å². The highest BCUT2D eigenvalue weighted by molar-refractivity contribution is 5.06. The molecule has 0 saturated carbocycles. The lowest BCUT2D eigenvalue weighted by molar-refractivity contribution is 0.0970. The summed E-state index contributed by atoms with van der Waals surface area (Å²) in [5.41, 5.74) is 0. The summed E-state index contributed by atoms with van der Waals surface area (Å²) in [6, 6.07) is 4.58. The zero-order valence-electron chi connectivity index (χ0n) is 9.03. The van der Waals surface area contributed by atoms with E-state index in [1.165, 1.54) is 19.3 Å². The van der Waals surface area contributed by atoms with Gasteiger partial charge in [-0.05, 0) is 38.3 Å². The Hall–Kier alpha value is -0.800. The predicted octanol–water partition coefficient (Wildman–Crippen LogP) is 2.00. The van der Waals surface area contributed by atoms with E-state index in [2.05, 4.69) is 5.32 Å². The molecule has 1 aromatic heterocycles. The molecule has 0 radical (unpaired) electrons. The van der Waals surface area contributed by atoms with Crippen molar-refractivity contribution in [1.29, 1.82) is 0 Å². The molecule has 1 N–H and O–H groups in total. The van der Waals surface area contributed by atoms with Crippen LogP contribution in [-0.2, 0) is 11.3 Å². The number of furan rings is 1. The highest BCUT2D eigenvalue weighted by atomic mass is 16.5. The van der Waals surface area contributed by atoms with Crippen molar-refractivity contribution in [3.8, 4) is 0 Å². The smallest absolute Gasteiger partial charge is 0.117 e. The van der Waals surface area contributed by atoms with Gasteiger partial charge >= 0.3 is 0 Å². The fraction of sp³-hybridized carbons (Fsp3) is 0.667. The van der Waals surface area contributed by atoms with Crippen LogP contribution < -0.4 is 5.32 Å². The second-order valence-electron chi connectivity index (χ2n) is 4.61. The summed E-state index contributed by atoms with van der Waals surface area (Å²) < 4.78 is 11.3. The maximum atomic E-state index is 5.79. The third-order valence-electron chi connectivity index (χ3n) is 3.44. The van der Waals surface area contributed by atoms with Gasteiger partial charge in [0.05, 0.1) is 18.8 Å². The average Bonchev–Trinajstić information content (AvgIpc) is 2.90. The lowest BCUT2D eigenvalue weighted by Gasteiger charge is -2.19. The number of hydrogen-bond acceptors (Lipinski definition) is 3. The molecular formula is C12H17NO2. The summed E-state index contributed by atoms with van der Waals surface area (Å²) in [4.78, 5) is 0. The predicted molar refractivity (Wildman–Crippen MR) is 56.6 cm³/mol. The molecule has 0 spiro atoms. The van der Waals surface area contributed by atoms with Crippen LogP contribution >= 0.6 is 0 Å². The van der Waals surface area contributed by atoms with E-state index >= 15 is 0 Å². The molecule has 0 aromatic carbocycles. The number of fused-ring (bicyclic) bond motifs is 2. The summed E-state index contributed by atoms with van der Waals surface area (Å²) >= 11 is 0. The Kier molecular flexibility index (Phi) is 2.29. The van der Waals surface area contributed by atoms with Gasteiger partial charge in [0.2, 0.25) is 0 Å². The number of nitrogens with one attached hydrogen (secondary N) is 1. The maximum Gasteiger partial charge on any atom is 0.117 e. The van der Waals surface area contributed by atoms with Crippen LogP contribution in [0.25, 0.3) is 0 Å². The van der Waals surface area contributed by atoms with Gasteiger partial charge in [-0.25, -0.2) is 0 Å². The van der Waals surface area contributed by atoms with Crippen LogP contribution in [0.5, 0.6) is 0 Å². The summed E-state index contributed by atoms with van der Waals surface area (Å²) in [5.74, 6) is 2.01. The molecule has 2 aliphatic rings. The average molecular weight is 207 g/mol. The Balaban J connectivity index is 1.54. The minimum Gasteiger partial charge on any atom is -0.465 e.